The molecule has 0 fully saturated rings. The number of nitrogen functional groups attached to an aromatic ring is 1. The molecule has 3 N–H and O–H groups in total. The molecule has 0 spiro atoms. The van der Waals surface area contributed by atoms with Gasteiger partial charge in [0.05, 0.1) is 12.8 Å². The van der Waals surface area contributed by atoms with Crippen molar-refractivity contribution in [1.29, 1.82) is 0 Å². The molecule has 6 heteroatoms. The molecule has 1 aromatic carbocycles. The summed E-state index contributed by atoms with van der Waals surface area (Å²) in [6.07, 6.45) is 0. The number of ether oxygens (including phenoxy) is 1. The molecule has 0 saturated carbocycles. The molecule has 1 heterocycles. The maximum atomic E-state index is 12.4. The van der Waals surface area contributed by atoms with Gasteiger partial charge < -0.3 is 15.4 Å². The molecule has 0 radical (unpaired) electrons. The standard InChI is InChI=1S/C13H16N4O2/c1-8-11(12(14)16-15-8)13(18)17(2)9-6-4-5-7-10(9)19-3/h4-7H,1-3H3,(H3,14,15,16). The summed E-state index contributed by atoms with van der Waals surface area (Å²) in [6, 6.07) is 7.29. The van der Waals surface area contributed by atoms with E-state index in [0.717, 1.165) is 0 Å². The first kappa shape index (κ1) is 12.9. The van der Waals surface area contributed by atoms with Gasteiger partial charge in [0.25, 0.3) is 5.91 Å². The zero-order chi connectivity index (χ0) is 14.0. The largest absolute Gasteiger partial charge is 0.495 e. The number of nitrogens with one attached hydrogen (secondary N) is 1. The number of para-hydroxylation sites is 2. The van der Waals surface area contributed by atoms with Crippen molar-refractivity contribution in [3.63, 3.8) is 0 Å². The first-order chi connectivity index (χ1) is 9.06. The molecule has 0 bridgehead atoms. The highest BCUT2D eigenvalue weighted by atomic mass is 16.5. The normalized spacial score (nSPS) is 10.3. The van der Waals surface area contributed by atoms with E-state index >= 15 is 0 Å². The zero-order valence-electron chi connectivity index (χ0n) is 11.1. The van der Waals surface area contributed by atoms with Crippen molar-refractivity contribution < 1.29 is 9.53 Å². The molecular weight excluding hydrogens is 244 g/mol. The molecule has 0 atom stereocenters. The van der Waals surface area contributed by atoms with Gasteiger partial charge in [-0.3, -0.25) is 9.89 Å². The molecule has 1 amide bonds. The number of hydrogen-bond donors (Lipinski definition) is 2. The number of rotatable bonds is 3. The number of H-pyrrole nitrogens is 1. The van der Waals surface area contributed by atoms with E-state index in [4.69, 9.17) is 10.5 Å². The summed E-state index contributed by atoms with van der Waals surface area (Å²) < 4.78 is 5.25. The summed E-state index contributed by atoms with van der Waals surface area (Å²) in [5.74, 6) is 0.593. The summed E-state index contributed by atoms with van der Waals surface area (Å²) in [4.78, 5) is 13.9. The number of hydrogen-bond acceptors (Lipinski definition) is 4. The molecule has 100 valence electrons. The number of carbonyl (C=O) groups excluding carboxylic acids is 1. The fourth-order valence-electron chi connectivity index (χ4n) is 1.90. The van der Waals surface area contributed by atoms with Crippen LogP contribution in [0.25, 0.3) is 0 Å². The Kier molecular flexibility index (Phi) is 3.41. The van der Waals surface area contributed by atoms with E-state index in [9.17, 15) is 4.79 Å². The summed E-state index contributed by atoms with van der Waals surface area (Å²) in [5.41, 5.74) is 7.41. The average Bonchev–Trinajstić information content (AvgIpc) is 2.76. The second-order valence-corrected chi connectivity index (χ2v) is 4.14. The first-order valence-corrected chi connectivity index (χ1v) is 5.77. The molecule has 0 saturated heterocycles. The first-order valence-electron chi connectivity index (χ1n) is 5.77. The van der Waals surface area contributed by atoms with E-state index in [2.05, 4.69) is 10.2 Å². The van der Waals surface area contributed by atoms with Crippen molar-refractivity contribution in [2.75, 3.05) is 24.8 Å². The molecule has 2 rings (SSSR count). The van der Waals surface area contributed by atoms with E-state index in [1.165, 1.54) is 4.90 Å². The van der Waals surface area contributed by atoms with E-state index in [1.807, 2.05) is 18.2 Å². The van der Waals surface area contributed by atoms with Gasteiger partial charge >= 0.3 is 0 Å². The van der Waals surface area contributed by atoms with E-state index in [1.54, 1.807) is 27.1 Å². The number of aryl methyl sites for hydroxylation is 1. The van der Waals surface area contributed by atoms with Gasteiger partial charge in [-0.1, -0.05) is 12.1 Å². The van der Waals surface area contributed by atoms with Gasteiger partial charge in [-0.05, 0) is 19.1 Å². The SMILES string of the molecule is COc1ccccc1N(C)C(=O)c1c(N)n[nH]c1C. The van der Waals surface area contributed by atoms with Crippen LogP contribution in [0.15, 0.2) is 24.3 Å². The lowest BCUT2D eigenvalue weighted by Gasteiger charge is -2.19. The highest BCUT2D eigenvalue weighted by Crippen LogP contribution is 2.28. The van der Waals surface area contributed by atoms with Gasteiger partial charge in [0, 0.05) is 12.7 Å². The highest BCUT2D eigenvalue weighted by Gasteiger charge is 2.22. The van der Waals surface area contributed by atoms with Gasteiger partial charge in [-0.2, -0.15) is 5.10 Å². The molecular formula is C13H16N4O2. The number of benzene rings is 1. The Morgan fingerprint density at radius 3 is 2.68 bits per heavy atom. The number of aromatic nitrogens is 2. The average molecular weight is 260 g/mol. The van der Waals surface area contributed by atoms with Gasteiger partial charge in [-0.15, -0.1) is 0 Å². The second kappa shape index (κ2) is 5.01. The van der Waals surface area contributed by atoms with Crippen LogP contribution >= 0.6 is 0 Å². The lowest BCUT2D eigenvalue weighted by Crippen LogP contribution is -2.27. The Bertz CT molecular complexity index is 587. The topological polar surface area (TPSA) is 84.2 Å². The van der Waals surface area contributed by atoms with Crippen LogP contribution in [-0.2, 0) is 0 Å². The van der Waals surface area contributed by atoms with Crippen LogP contribution in [-0.4, -0.2) is 30.3 Å². The Morgan fingerprint density at radius 1 is 1.42 bits per heavy atom. The van der Waals surface area contributed by atoms with Crippen LogP contribution in [0.3, 0.4) is 0 Å². The summed E-state index contributed by atoms with van der Waals surface area (Å²) in [5, 5.41) is 6.53. The third kappa shape index (κ3) is 2.24. The lowest BCUT2D eigenvalue weighted by molar-refractivity contribution is 0.0992. The minimum Gasteiger partial charge on any atom is -0.495 e. The quantitative estimate of drug-likeness (QED) is 0.877. The monoisotopic (exact) mass is 260 g/mol. The molecule has 0 aliphatic rings. The van der Waals surface area contributed by atoms with Crippen molar-refractivity contribution in [3.8, 4) is 5.75 Å². The molecule has 2 aromatic rings. The van der Waals surface area contributed by atoms with Crippen LogP contribution in [0.5, 0.6) is 5.75 Å². The Balaban J connectivity index is 2.39. The summed E-state index contributed by atoms with van der Waals surface area (Å²) in [6.45, 7) is 1.76. The number of aromatic amines is 1. The maximum Gasteiger partial charge on any atom is 0.263 e. The van der Waals surface area contributed by atoms with Crippen molar-refractivity contribution in [2.24, 2.45) is 0 Å². The Hall–Kier alpha value is -2.50. The van der Waals surface area contributed by atoms with Crippen LogP contribution in [0.4, 0.5) is 11.5 Å². The maximum absolute atomic E-state index is 12.4. The number of nitrogens with zero attached hydrogens (tertiary/aromatic N) is 2. The zero-order valence-corrected chi connectivity index (χ0v) is 11.1. The number of amides is 1. The van der Waals surface area contributed by atoms with Crippen molar-refractivity contribution in [3.05, 3.63) is 35.5 Å². The molecule has 0 aliphatic heterocycles. The number of anilines is 2. The smallest absolute Gasteiger partial charge is 0.263 e. The molecule has 19 heavy (non-hydrogen) atoms. The molecule has 6 nitrogen and oxygen atoms in total. The summed E-state index contributed by atoms with van der Waals surface area (Å²) >= 11 is 0. The van der Waals surface area contributed by atoms with Gasteiger partial charge in [-0.25, -0.2) is 0 Å². The minimum atomic E-state index is -0.228. The molecule has 0 aliphatic carbocycles. The van der Waals surface area contributed by atoms with Gasteiger partial charge in [0.1, 0.15) is 11.3 Å². The molecule has 0 unspecified atom stereocenters. The van der Waals surface area contributed by atoms with Crippen molar-refractivity contribution >= 4 is 17.4 Å². The van der Waals surface area contributed by atoms with Gasteiger partial charge in [0.2, 0.25) is 0 Å². The van der Waals surface area contributed by atoms with Crippen molar-refractivity contribution in [1.82, 2.24) is 10.2 Å². The number of nitrogens with two attached hydrogens (primary N) is 1. The third-order valence-electron chi connectivity index (χ3n) is 2.94. The lowest BCUT2D eigenvalue weighted by atomic mass is 10.2. The van der Waals surface area contributed by atoms with E-state index < -0.39 is 0 Å². The minimum absolute atomic E-state index is 0.198. The van der Waals surface area contributed by atoms with E-state index in [-0.39, 0.29) is 11.7 Å². The number of carbonyl (C=O) groups is 1. The number of methoxy groups -OCH3 is 1. The van der Waals surface area contributed by atoms with Gasteiger partial charge in [0.15, 0.2) is 5.82 Å². The predicted octanol–water partition coefficient (Wildman–Crippen LogP) is 1.59. The van der Waals surface area contributed by atoms with Crippen LogP contribution < -0.4 is 15.4 Å². The highest BCUT2D eigenvalue weighted by molar-refractivity contribution is 6.09. The van der Waals surface area contributed by atoms with E-state index in [0.29, 0.717) is 22.7 Å². The summed E-state index contributed by atoms with van der Waals surface area (Å²) in [7, 11) is 3.24. The molecule has 1 aromatic heterocycles. The third-order valence-corrected chi connectivity index (χ3v) is 2.94. The van der Waals surface area contributed by atoms with Crippen LogP contribution in [0, 0.1) is 6.92 Å². The Labute approximate surface area is 111 Å². The second-order valence-electron chi connectivity index (χ2n) is 4.14. The van der Waals surface area contributed by atoms with Crippen LogP contribution in [0.2, 0.25) is 0 Å². The fraction of sp³-hybridized carbons (Fsp3) is 0.231. The van der Waals surface area contributed by atoms with Crippen LogP contribution in [0.1, 0.15) is 16.1 Å². The Morgan fingerprint density at radius 2 is 2.11 bits per heavy atom. The fourth-order valence-corrected chi connectivity index (χ4v) is 1.90. The van der Waals surface area contributed by atoms with Crippen molar-refractivity contribution in [2.45, 2.75) is 6.92 Å². The predicted molar refractivity (Wildman–Crippen MR) is 73.5 cm³/mol.